The highest BCUT2D eigenvalue weighted by Gasteiger charge is 2.30. The van der Waals surface area contributed by atoms with E-state index in [9.17, 15) is 4.79 Å². The molecule has 1 fully saturated rings. The number of nitrogens with zero attached hydrogens (tertiary/aromatic N) is 2. The van der Waals surface area contributed by atoms with E-state index in [0.717, 1.165) is 29.1 Å². The van der Waals surface area contributed by atoms with E-state index in [4.69, 9.17) is 9.84 Å². The number of carbonyl (C=O) groups is 1. The van der Waals surface area contributed by atoms with Crippen LogP contribution in [0.1, 0.15) is 18.1 Å². The Balaban J connectivity index is 1.63. The van der Waals surface area contributed by atoms with Crippen molar-refractivity contribution in [2.75, 3.05) is 31.2 Å². The van der Waals surface area contributed by atoms with Gasteiger partial charge in [-0.05, 0) is 49.2 Å². The molecule has 0 bridgehead atoms. The van der Waals surface area contributed by atoms with Crippen LogP contribution in [0.25, 0.3) is 0 Å². The number of aliphatic hydroxyl groups is 1. The quantitative estimate of drug-likeness (QED) is 0.866. The van der Waals surface area contributed by atoms with Crippen molar-refractivity contribution in [3.05, 3.63) is 59.7 Å². The average Bonchev–Trinajstić information content (AvgIpc) is 2.64. The largest absolute Gasteiger partial charge is 0.491 e. The van der Waals surface area contributed by atoms with E-state index in [0.29, 0.717) is 19.7 Å². The monoisotopic (exact) mass is 354 g/mol. The van der Waals surface area contributed by atoms with Crippen LogP contribution in [-0.2, 0) is 11.3 Å². The van der Waals surface area contributed by atoms with Crippen LogP contribution in [0.3, 0.4) is 0 Å². The smallest absolute Gasteiger partial charge is 0.241 e. The van der Waals surface area contributed by atoms with Crippen LogP contribution in [0, 0.1) is 6.92 Å². The lowest BCUT2D eigenvalue weighted by atomic mass is 10.1. The van der Waals surface area contributed by atoms with E-state index in [1.165, 1.54) is 0 Å². The number of amides is 1. The van der Waals surface area contributed by atoms with Crippen molar-refractivity contribution in [1.82, 2.24) is 4.90 Å². The van der Waals surface area contributed by atoms with Gasteiger partial charge < -0.3 is 14.7 Å². The molecule has 2 aromatic carbocycles. The highest BCUT2D eigenvalue weighted by atomic mass is 16.5. The average molecular weight is 354 g/mol. The van der Waals surface area contributed by atoms with Gasteiger partial charge in [-0.15, -0.1) is 0 Å². The summed E-state index contributed by atoms with van der Waals surface area (Å²) in [5, 5.41) is 8.80. The van der Waals surface area contributed by atoms with E-state index in [-0.39, 0.29) is 18.6 Å². The number of piperazine rings is 1. The topological polar surface area (TPSA) is 53.0 Å². The molecule has 0 radical (unpaired) electrons. The lowest BCUT2D eigenvalue weighted by Crippen LogP contribution is -2.54. The summed E-state index contributed by atoms with van der Waals surface area (Å²) in [6, 6.07) is 16.2. The molecule has 1 saturated heterocycles. The molecule has 0 aliphatic carbocycles. The van der Waals surface area contributed by atoms with Gasteiger partial charge in [0.15, 0.2) is 0 Å². The van der Waals surface area contributed by atoms with Crippen LogP contribution in [0.4, 0.5) is 5.69 Å². The van der Waals surface area contributed by atoms with Crippen LogP contribution < -0.4 is 9.64 Å². The summed E-state index contributed by atoms with van der Waals surface area (Å²) in [4.78, 5) is 16.8. The third-order valence-electron chi connectivity index (χ3n) is 4.69. The maximum Gasteiger partial charge on any atom is 0.241 e. The minimum absolute atomic E-state index is 0.00654. The van der Waals surface area contributed by atoms with Gasteiger partial charge in [0.1, 0.15) is 12.4 Å². The van der Waals surface area contributed by atoms with Crippen molar-refractivity contribution in [3.63, 3.8) is 0 Å². The van der Waals surface area contributed by atoms with E-state index < -0.39 is 0 Å². The van der Waals surface area contributed by atoms with Crippen molar-refractivity contribution < 1.29 is 14.6 Å². The molecule has 0 aromatic heterocycles. The molecule has 5 nitrogen and oxygen atoms in total. The van der Waals surface area contributed by atoms with E-state index in [2.05, 4.69) is 17.9 Å². The molecule has 138 valence electrons. The Bertz CT molecular complexity index is 745. The van der Waals surface area contributed by atoms with E-state index in [1.54, 1.807) is 0 Å². The predicted molar refractivity (Wildman–Crippen MR) is 102 cm³/mol. The summed E-state index contributed by atoms with van der Waals surface area (Å²) in [6.07, 6.45) is 0. The third-order valence-corrected chi connectivity index (χ3v) is 4.69. The number of hydrogen-bond donors (Lipinski definition) is 1. The maximum atomic E-state index is 12.7. The van der Waals surface area contributed by atoms with Gasteiger partial charge in [0, 0.05) is 24.8 Å². The summed E-state index contributed by atoms with van der Waals surface area (Å²) in [5.74, 6) is 0.882. The second-order valence-electron chi connectivity index (χ2n) is 6.81. The lowest BCUT2D eigenvalue weighted by molar-refractivity contribution is -0.122. The lowest BCUT2D eigenvalue weighted by Gasteiger charge is -2.39. The number of aryl methyl sites for hydroxylation is 1. The molecular weight excluding hydrogens is 328 g/mol. The molecule has 1 atom stereocenters. The van der Waals surface area contributed by atoms with Gasteiger partial charge in [0.05, 0.1) is 13.2 Å². The molecule has 1 N–H and O–H groups in total. The second-order valence-corrected chi connectivity index (χ2v) is 6.81. The predicted octanol–water partition coefficient (Wildman–Crippen LogP) is 2.60. The van der Waals surface area contributed by atoms with Crippen LogP contribution >= 0.6 is 0 Å². The minimum Gasteiger partial charge on any atom is -0.491 e. The summed E-state index contributed by atoms with van der Waals surface area (Å²) in [6.45, 7) is 6.35. The van der Waals surface area contributed by atoms with Crippen molar-refractivity contribution >= 4 is 11.6 Å². The van der Waals surface area contributed by atoms with Crippen molar-refractivity contribution in [1.29, 1.82) is 0 Å². The first kappa shape index (κ1) is 18.4. The molecule has 26 heavy (non-hydrogen) atoms. The first-order valence-corrected chi connectivity index (χ1v) is 9.00. The van der Waals surface area contributed by atoms with Gasteiger partial charge in [-0.3, -0.25) is 9.69 Å². The van der Waals surface area contributed by atoms with Crippen LogP contribution in [0.15, 0.2) is 48.5 Å². The highest BCUT2D eigenvalue weighted by Crippen LogP contribution is 2.23. The highest BCUT2D eigenvalue weighted by molar-refractivity contribution is 5.95. The van der Waals surface area contributed by atoms with Gasteiger partial charge in [0.25, 0.3) is 0 Å². The first-order valence-electron chi connectivity index (χ1n) is 9.00. The van der Waals surface area contributed by atoms with Crippen LogP contribution in [0.5, 0.6) is 5.75 Å². The van der Waals surface area contributed by atoms with Crippen molar-refractivity contribution in [3.8, 4) is 5.75 Å². The molecule has 5 heteroatoms. The maximum absolute atomic E-state index is 12.7. The Hall–Kier alpha value is -2.37. The Labute approximate surface area is 154 Å². The molecule has 0 spiro atoms. The Morgan fingerprint density at radius 3 is 2.65 bits per heavy atom. The van der Waals surface area contributed by atoms with Crippen molar-refractivity contribution in [2.24, 2.45) is 0 Å². The number of benzene rings is 2. The zero-order chi connectivity index (χ0) is 18.5. The van der Waals surface area contributed by atoms with Crippen LogP contribution in [0.2, 0.25) is 0 Å². The fourth-order valence-corrected chi connectivity index (χ4v) is 3.24. The Morgan fingerprint density at radius 1 is 1.19 bits per heavy atom. The molecule has 0 saturated carbocycles. The number of rotatable bonds is 6. The van der Waals surface area contributed by atoms with E-state index >= 15 is 0 Å². The number of ether oxygens (including phenoxy) is 1. The number of anilines is 1. The SMILES string of the molecule is Cc1cccc(N2C[C@H](C)N(Cc3ccc(OCCO)cc3)CC2=O)c1. The molecule has 1 amide bonds. The zero-order valence-corrected chi connectivity index (χ0v) is 15.4. The van der Waals surface area contributed by atoms with Gasteiger partial charge in [0.2, 0.25) is 5.91 Å². The summed E-state index contributed by atoms with van der Waals surface area (Å²) < 4.78 is 5.39. The normalized spacial score (nSPS) is 18.2. The third kappa shape index (κ3) is 4.42. The zero-order valence-electron chi connectivity index (χ0n) is 15.4. The summed E-state index contributed by atoms with van der Waals surface area (Å²) in [7, 11) is 0. The fourth-order valence-electron chi connectivity index (χ4n) is 3.24. The first-order chi connectivity index (χ1) is 12.6. The molecule has 1 aliphatic heterocycles. The Morgan fingerprint density at radius 2 is 1.96 bits per heavy atom. The molecular formula is C21H26N2O3. The summed E-state index contributed by atoms with van der Waals surface area (Å²) >= 11 is 0. The minimum atomic E-state index is 0.00654. The molecule has 2 aromatic rings. The van der Waals surface area contributed by atoms with Gasteiger partial charge >= 0.3 is 0 Å². The summed E-state index contributed by atoms with van der Waals surface area (Å²) in [5.41, 5.74) is 3.28. The Kier molecular flexibility index (Phi) is 5.91. The molecule has 1 heterocycles. The van der Waals surface area contributed by atoms with Gasteiger partial charge in [-0.25, -0.2) is 0 Å². The van der Waals surface area contributed by atoms with E-state index in [1.807, 2.05) is 54.3 Å². The van der Waals surface area contributed by atoms with Gasteiger partial charge in [-0.1, -0.05) is 24.3 Å². The number of hydrogen-bond acceptors (Lipinski definition) is 4. The molecule has 1 aliphatic rings. The van der Waals surface area contributed by atoms with Gasteiger partial charge in [-0.2, -0.15) is 0 Å². The second kappa shape index (κ2) is 8.34. The fraction of sp³-hybridized carbons (Fsp3) is 0.381. The molecule has 0 unspecified atom stereocenters. The van der Waals surface area contributed by atoms with Crippen LogP contribution in [-0.4, -0.2) is 48.3 Å². The number of aliphatic hydroxyl groups excluding tert-OH is 1. The van der Waals surface area contributed by atoms with Crippen molar-refractivity contribution in [2.45, 2.75) is 26.4 Å². The number of carbonyl (C=O) groups excluding carboxylic acids is 1. The molecule has 3 rings (SSSR count). The standard InChI is InChI=1S/C21H26N2O3/c1-16-4-3-5-19(12-16)23-13-17(2)22(15-21(23)25)14-18-6-8-20(9-7-18)26-11-10-24/h3-9,12,17,24H,10-11,13-15H2,1-2H3/t17-/m0/s1.